The van der Waals surface area contributed by atoms with Crippen molar-refractivity contribution in [1.82, 2.24) is 0 Å². The van der Waals surface area contributed by atoms with Gasteiger partial charge in [-0.2, -0.15) is 5.26 Å². The molecule has 0 amide bonds. The smallest absolute Gasteiger partial charge is 0.129 e. The van der Waals surface area contributed by atoms with Crippen molar-refractivity contribution in [2.45, 2.75) is 26.5 Å². The first-order chi connectivity index (χ1) is 10.0. The Bertz CT molecular complexity index is 690. The molecule has 1 atom stereocenters. The predicted octanol–water partition coefficient (Wildman–Crippen LogP) is 3.60. The van der Waals surface area contributed by atoms with Gasteiger partial charge in [-0.05, 0) is 49.2 Å². The molecule has 2 aromatic carbocycles. The maximum atomic E-state index is 13.7. The third-order valence-corrected chi connectivity index (χ3v) is 3.28. The van der Waals surface area contributed by atoms with Gasteiger partial charge in [-0.25, -0.2) is 4.39 Å². The van der Waals surface area contributed by atoms with Crippen LogP contribution >= 0.6 is 0 Å². The zero-order valence-electron chi connectivity index (χ0n) is 12.1. The standard InChI is InChI=1S/C17H17FN2O/c1-11-7-14(12(2)20)4-6-17(11)21-10-15-8-13(9-19)3-5-16(15)18/h3-8,12H,10,20H2,1-2H3/t12-/m1/s1. The highest BCUT2D eigenvalue weighted by atomic mass is 19.1. The predicted molar refractivity (Wildman–Crippen MR) is 79.2 cm³/mol. The van der Waals surface area contributed by atoms with Crippen LogP contribution in [-0.4, -0.2) is 0 Å². The molecular weight excluding hydrogens is 267 g/mol. The number of rotatable bonds is 4. The summed E-state index contributed by atoms with van der Waals surface area (Å²) in [4.78, 5) is 0. The molecule has 2 rings (SSSR count). The number of hydrogen-bond donors (Lipinski definition) is 1. The van der Waals surface area contributed by atoms with E-state index < -0.39 is 0 Å². The van der Waals surface area contributed by atoms with Gasteiger partial charge in [-0.1, -0.05) is 12.1 Å². The molecule has 108 valence electrons. The Morgan fingerprint density at radius 1 is 1.29 bits per heavy atom. The minimum Gasteiger partial charge on any atom is -0.489 e. The number of ether oxygens (including phenoxy) is 1. The summed E-state index contributed by atoms with van der Waals surface area (Å²) in [6.07, 6.45) is 0. The molecule has 0 saturated heterocycles. The van der Waals surface area contributed by atoms with Crippen LogP contribution in [0.25, 0.3) is 0 Å². The third kappa shape index (κ3) is 3.59. The number of nitrogens with zero attached hydrogens (tertiary/aromatic N) is 1. The second-order valence-electron chi connectivity index (χ2n) is 5.02. The SMILES string of the molecule is Cc1cc([C@@H](C)N)ccc1OCc1cc(C#N)ccc1F. The van der Waals surface area contributed by atoms with E-state index in [1.807, 2.05) is 38.1 Å². The van der Waals surface area contributed by atoms with E-state index in [2.05, 4.69) is 0 Å². The molecule has 3 nitrogen and oxygen atoms in total. The summed E-state index contributed by atoms with van der Waals surface area (Å²) < 4.78 is 19.3. The van der Waals surface area contributed by atoms with Gasteiger partial charge in [0, 0.05) is 11.6 Å². The van der Waals surface area contributed by atoms with Crippen molar-refractivity contribution in [3.8, 4) is 11.8 Å². The van der Waals surface area contributed by atoms with Crippen molar-refractivity contribution in [3.05, 3.63) is 64.5 Å². The first kappa shape index (κ1) is 15.0. The second-order valence-corrected chi connectivity index (χ2v) is 5.02. The Morgan fingerprint density at radius 3 is 2.67 bits per heavy atom. The lowest BCUT2D eigenvalue weighted by Gasteiger charge is -2.13. The lowest BCUT2D eigenvalue weighted by molar-refractivity contribution is 0.297. The number of halogens is 1. The van der Waals surface area contributed by atoms with E-state index in [0.29, 0.717) is 16.9 Å². The molecule has 4 heteroatoms. The monoisotopic (exact) mass is 284 g/mol. The fraction of sp³-hybridized carbons (Fsp3) is 0.235. The molecule has 2 N–H and O–H groups in total. The van der Waals surface area contributed by atoms with E-state index in [0.717, 1.165) is 11.1 Å². The molecule has 0 radical (unpaired) electrons. The van der Waals surface area contributed by atoms with Crippen LogP contribution in [0.3, 0.4) is 0 Å². The number of nitrogens with two attached hydrogens (primary N) is 1. The average Bonchev–Trinajstić information content (AvgIpc) is 2.47. The van der Waals surface area contributed by atoms with Crippen molar-refractivity contribution in [1.29, 1.82) is 5.26 Å². The van der Waals surface area contributed by atoms with Gasteiger partial charge in [-0.3, -0.25) is 0 Å². The Kier molecular flexibility index (Phi) is 4.56. The molecule has 0 aliphatic carbocycles. The molecule has 0 aromatic heterocycles. The molecule has 0 aliphatic heterocycles. The number of hydrogen-bond acceptors (Lipinski definition) is 3. The lowest BCUT2D eigenvalue weighted by Crippen LogP contribution is -2.06. The van der Waals surface area contributed by atoms with Gasteiger partial charge in [0.1, 0.15) is 18.2 Å². The van der Waals surface area contributed by atoms with Crippen LogP contribution < -0.4 is 10.5 Å². The van der Waals surface area contributed by atoms with Crippen LogP contribution in [0.2, 0.25) is 0 Å². The van der Waals surface area contributed by atoms with E-state index in [-0.39, 0.29) is 18.5 Å². The quantitative estimate of drug-likeness (QED) is 0.933. The van der Waals surface area contributed by atoms with E-state index >= 15 is 0 Å². The molecule has 0 aliphatic rings. The van der Waals surface area contributed by atoms with Crippen molar-refractivity contribution < 1.29 is 9.13 Å². The van der Waals surface area contributed by atoms with E-state index in [4.69, 9.17) is 15.7 Å². The fourth-order valence-electron chi connectivity index (χ4n) is 2.03. The summed E-state index contributed by atoms with van der Waals surface area (Å²) >= 11 is 0. The summed E-state index contributed by atoms with van der Waals surface area (Å²) in [6.45, 7) is 3.92. The zero-order chi connectivity index (χ0) is 15.4. The van der Waals surface area contributed by atoms with E-state index in [1.54, 1.807) is 0 Å². The minimum absolute atomic E-state index is 0.0393. The van der Waals surface area contributed by atoms with Crippen LogP contribution in [0.5, 0.6) is 5.75 Å². The molecular formula is C17H17FN2O. The maximum absolute atomic E-state index is 13.7. The van der Waals surface area contributed by atoms with Crippen LogP contribution in [0.1, 0.15) is 35.2 Å². The Morgan fingerprint density at radius 2 is 2.05 bits per heavy atom. The van der Waals surface area contributed by atoms with E-state index in [1.165, 1.54) is 18.2 Å². The molecule has 0 spiro atoms. The summed E-state index contributed by atoms with van der Waals surface area (Å²) in [5.74, 6) is 0.306. The first-order valence-corrected chi connectivity index (χ1v) is 6.68. The van der Waals surface area contributed by atoms with Crippen molar-refractivity contribution >= 4 is 0 Å². The Hall–Kier alpha value is -2.38. The summed E-state index contributed by atoms with van der Waals surface area (Å²) in [7, 11) is 0. The zero-order valence-corrected chi connectivity index (χ0v) is 12.1. The average molecular weight is 284 g/mol. The number of benzene rings is 2. The summed E-state index contributed by atoms with van der Waals surface area (Å²) in [6, 6.07) is 11.9. The van der Waals surface area contributed by atoms with Crippen LogP contribution in [-0.2, 0) is 6.61 Å². The largest absolute Gasteiger partial charge is 0.489 e. The lowest BCUT2D eigenvalue weighted by atomic mass is 10.1. The Labute approximate surface area is 123 Å². The van der Waals surface area contributed by atoms with Gasteiger partial charge < -0.3 is 10.5 Å². The van der Waals surface area contributed by atoms with Gasteiger partial charge in [0.25, 0.3) is 0 Å². The normalized spacial score (nSPS) is 11.8. The van der Waals surface area contributed by atoms with E-state index in [9.17, 15) is 4.39 Å². The third-order valence-electron chi connectivity index (χ3n) is 3.28. The number of nitriles is 1. The molecule has 0 bridgehead atoms. The Balaban J connectivity index is 2.15. The van der Waals surface area contributed by atoms with Gasteiger partial charge in [0.2, 0.25) is 0 Å². The van der Waals surface area contributed by atoms with Crippen LogP contribution in [0, 0.1) is 24.1 Å². The van der Waals surface area contributed by atoms with Crippen molar-refractivity contribution in [2.24, 2.45) is 5.73 Å². The maximum Gasteiger partial charge on any atom is 0.129 e. The fourth-order valence-corrected chi connectivity index (χ4v) is 2.03. The van der Waals surface area contributed by atoms with Gasteiger partial charge in [0.15, 0.2) is 0 Å². The van der Waals surface area contributed by atoms with Gasteiger partial charge in [-0.15, -0.1) is 0 Å². The molecule has 21 heavy (non-hydrogen) atoms. The van der Waals surface area contributed by atoms with Gasteiger partial charge in [0.05, 0.1) is 11.6 Å². The molecule has 0 saturated carbocycles. The first-order valence-electron chi connectivity index (χ1n) is 6.68. The molecule has 0 heterocycles. The molecule has 0 unspecified atom stereocenters. The molecule has 2 aromatic rings. The topological polar surface area (TPSA) is 59.0 Å². The van der Waals surface area contributed by atoms with Crippen LogP contribution in [0.15, 0.2) is 36.4 Å². The second kappa shape index (κ2) is 6.38. The number of aryl methyl sites for hydroxylation is 1. The highest BCUT2D eigenvalue weighted by Gasteiger charge is 2.08. The molecule has 0 fully saturated rings. The van der Waals surface area contributed by atoms with Gasteiger partial charge >= 0.3 is 0 Å². The van der Waals surface area contributed by atoms with Crippen LogP contribution in [0.4, 0.5) is 4.39 Å². The summed E-state index contributed by atoms with van der Waals surface area (Å²) in [5.41, 5.74) is 8.58. The van der Waals surface area contributed by atoms with Crippen molar-refractivity contribution in [3.63, 3.8) is 0 Å². The van der Waals surface area contributed by atoms with Crippen molar-refractivity contribution in [2.75, 3.05) is 0 Å². The summed E-state index contributed by atoms with van der Waals surface area (Å²) in [5, 5.41) is 8.84. The highest BCUT2D eigenvalue weighted by molar-refractivity contribution is 5.38. The highest BCUT2D eigenvalue weighted by Crippen LogP contribution is 2.23. The minimum atomic E-state index is -0.376.